The number of nitrogens with zero attached hydrogens (tertiary/aromatic N) is 2. The molecule has 180 valence electrons. The predicted molar refractivity (Wildman–Crippen MR) is 134 cm³/mol. The summed E-state index contributed by atoms with van der Waals surface area (Å²) in [5.41, 5.74) is 2.71. The largest absolute Gasteiger partial charge is 0.493 e. The maximum absolute atomic E-state index is 13.8. The van der Waals surface area contributed by atoms with Crippen molar-refractivity contribution in [3.63, 3.8) is 0 Å². The van der Waals surface area contributed by atoms with E-state index in [2.05, 4.69) is 4.98 Å². The van der Waals surface area contributed by atoms with Gasteiger partial charge in [-0.1, -0.05) is 11.6 Å². The first-order valence-corrected chi connectivity index (χ1v) is 11.8. The van der Waals surface area contributed by atoms with Crippen molar-refractivity contribution in [2.75, 3.05) is 26.2 Å². The zero-order valence-corrected chi connectivity index (χ0v) is 21.0. The Labute approximate surface area is 205 Å². The Balaban J connectivity index is 1.85. The summed E-state index contributed by atoms with van der Waals surface area (Å²) in [7, 11) is 4.56. The molecule has 2 aromatic heterocycles. The zero-order chi connectivity index (χ0) is 25.0. The monoisotopic (exact) mass is 492 g/mol. The fourth-order valence-corrected chi connectivity index (χ4v) is 5.35. The van der Waals surface area contributed by atoms with E-state index in [-0.39, 0.29) is 16.8 Å². The van der Waals surface area contributed by atoms with Crippen molar-refractivity contribution in [2.45, 2.75) is 26.8 Å². The number of aryl methyl sites for hydroxylation is 3. The minimum atomic E-state index is -0.794. The number of methoxy groups -OCH3 is 3. The van der Waals surface area contributed by atoms with Gasteiger partial charge in [-0.2, -0.15) is 0 Å². The molecule has 4 aromatic rings. The summed E-state index contributed by atoms with van der Waals surface area (Å²) < 4.78 is 22.6. The number of carbonyl (C=O) groups excluding carboxylic acids is 1. The number of hydrogen-bond donors (Lipinski definition) is 0. The van der Waals surface area contributed by atoms with E-state index in [1.165, 1.54) is 37.6 Å². The molecular formula is C26H24N2O6S. The number of carbonyl (C=O) groups is 1. The van der Waals surface area contributed by atoms with Gasteiger partial charge in [0.1, 0.15) is 5.58 Å². The van der Waals surface area contributed by atoms with E-state index in [1.54, 1.807) is 24.3 Å². The zero-order valence-electron chi connectivity index (χ0n) is 20.2. The van der Waals surface area contributed by atoms with E-state index in [0.717, 1.165) is 16.1 Å². The molecule has 0 fully saturated rings. The minimum Gasteiger partial charge on any atom is -0.493 e. The van der Waals surface area contributed by atoms with Crippen molar-refractivity contribution in [1.29, 1.82) is 0 Å². The van der Waals surface area contributed by atoms with Crippen LogP contribution in [0.3, 0.4) is 0 Å². The lowest BCUT2D eigenvalue weighted by molar-refractivity contribution is 0.0971. The highest BCUT2D eigenvalue weighted by Gasteiger charge is 2.45. The van der Waals surface area contributed by atoms with Crippen LogP contribution < -0.4 is 24.5 Å². The van der Waals surface area contributed by atoms with Gasteiger partial charge in [-0.3, -0.25) is 14.5 Å². The summed E-state index contributed by atoms with van der Waals surface area (Å²) in [5, 5.41) is 0.900. The van der Waals surface area contributed by atoms with Crippen LogP contribution in [0.25, 0.3) is 11.0 Å². The molecule has 1 aliphatic rings. The molecular weight excluding hydrogens is 468 g/mol. The molecule has 1 amide bonds. The molecule has 1 atom stereocenters. The number of thiazole rings is 1. The Morgan fingerprint density at radius 1 is 0.971 bits per heavy atom. The van der Waals surface area contributed by atoms with Crippen molar-refractivity contribution >= 4 is 33.3 Å². The molecule has 9 heteroatoms. The molecule has 0 spiro atoms. The van der Waals surface area contributed by atoms with Gasteiger partial charge in [0.2, 0.25) is 11.5 Å². The van der Waals surface area contributed by atoms with Crippen LogP contribution in [0, 0.1) is 20.8 Å². The molecule has 0 bridgehead atoms. The molecule has 0 N–H and O–H groups in total. The van der Waals surface area contributed by atoms with Gasteiger partial charge < -0.3 is 18.6 Å². The van der Waals surface area contributed by atoms with E-state index < -0.39 is 11.9 Å². The number of ether oxygens (including phenoxy) is 3. The van der Waals surface area contributed by atoms with Gasteiger partial charge in [-0.05, 0) is 50.6 Å². The molecule has 0 aliphatic carbocycles. The maximum atomic E-state index is 13.8. The topological polar surface area (TPSA) is 91.1 Å². The summed E-state index contributed by atoms with van der Waals surface area (Å²) in [6.07, 6.45) is 0. The Morgan fingerprint density at radius 3 is 2.23 bits per heavy atom. The SMILES string of the molecule is COc1cc([C@@H]2c3c(oc4ccc(C)cc4c3=O)C(=O)N2c2nc(C)c(C)s2)cc(OC)c1OC. The van der Waals surface area contributed by atoms with Gasteiger partial charge in [-0.25, -0.2) is 4.98 Å². The van der Waals surface area contributed by atoms with Gasteiger partial charge in [0, 0.05) is 4.88 Å². The number of rotatable bonds is 5. The predicted octanol–water partition coefficient (Wildman–Crippen LogP) is 4.95. The second-order valence-corrected chi connectivity index (χ2v) is 9.53. The number of amides is 1. The fourth-order valence-electron chi connectivity index (χ4n) is 4.42. The van der Waals surface area contributed by atoms with Crippen LogP contribution in [0.1, 0.15) is 43.9 Å². The van der Waals surface area contributed by atoms with Crippen LogP contribution in [-0.2, 0) is 0 Å². The molecule has 3 heterocycles. The summed E-state index contributed by atoms with van der Waals surface area (Å²) in [6, 6.07) is 8.03. The first kappa shape index (κ1) is 22.9. The van der Waals surface area contributed by atoms with Crippen molar-refractivity contribution in [3.05, 3.63) is 73.6 Å². The molecule has 0 saturated heterocycles. The normalized spacial score (nSPS) is 15.0. The number of aromatic nitrogens is 1. The molecule has 0 unspecified atom stereocenters. The second-order valence-electron chi connectivity index (χ2n) is 8.35. The molecule has 2 aromatic carbocycles. The number of hydrogen-bond acceptors (Lipinski definition) is 8. The highest BCUT2D eigenvalue weighted by molar-refractivity contribution is 7.15. The Hall–Kier alpha value is -3.85. The standard InChI is InChI=1S/C26H24N2O6S/c1-12-7-8-17-16(9-12)22(29)20-21(15-10-18(31-4)23(33-6)19(11-15)32-5)28(25(30)24(20)34-17)26-27-13(2)14(3)35-26/h7-11,21H,1-6H3/t21-/m1/s1. The van der Waals surface area contributed by atoms with E-state index in [4.69, 9.17) is 18.6 Å². The highest BCUT2D eigenvalue weighted by Crippen LogP contribution is 2.47. The first-order chi connectivity index (χ1) is 16.8. The summed E-state index contributed by atoms with van der Waals surface area (Å²) in [6.45, 7) is 5.73. The van der Waals surface area contributed by atoms with Crippen LogP contribution in [0.15, 0.2) is 39.5 Å². The molecule has 35 heavy (non-hydrogen) atoms. The van der Waals surface area contributed by atoms with E-state index in [9.17, 15) is 9.59 Å². The maximum Gasteiger partial charge on any atom is 0.297 e. The number of benzene rings is 2. The van der Waals surface area contributed by atoms with Crippen LogP contribution in [0.5, 0.6) is 17.2 Å². The average Bonchev–Trinajstić information content (AvgIpc) is 3.34. The third-order valence-electron chi connectivity index (χ3n) is 6.25. The van der Waals surface area contributed by atoms with Crippen LogP contribution in [-0.4, -0.2) is 32.2 Å². The highest BCUT2D eigenvalue weighted by atomic mass is 32.1. The molecule has 5 rings (SSSR count). The smallest absolute Gasteiger partial charge is 0.297 e. The lowest BCUT2D eigenvalue weighted by atomic mass is 9.97. The van der Waals surface area contributed by atoms with Crippen LogP contribution in [0.2, 0.25) is 0 Å². The minimum absolute atomic E-state index is 0.00982. The van der Waals surface area contributed by atoms with Gasteiger partial charge in [0.05, 0.1) is 44.0 Å². The summed E-state index contributed by atoms with van der Waals surface area (Å²) >= 11 is 1.39. The Morgan fingerprint density at radius 2 is 1.66 bits per heavy atom. The fraction of sp³-hybridized carbons (Fsp3) is 0.269. The molecule has 8 nitrogen and oxygen atoms in total. The van der Waals surface area contributed by atoms with E-state index in [0.29, 0.717) is 38.9 Å². The second kappa shape index (κ2) is 8.42. The first-order valence-electron chi connectivity index (χ1n) is 10.9. The van der Waals surface area contributed by atoms with Crippen LogP contribution in [0.4, 0.5) is 5.13 Å². The number of anilines is 1. The summed E-state index contributed by atoms with van der Waals surface area (Å²) in [5.74, 6) is 0.824. The van der Waals surface area contributed by atoms with Crippen molar-refractivity contribution in [3.8, 4) is 17.2 Å². The Kier molecular flexibility index (Phi) is 5.52. The third-order valence-corrected chi connectivity index (χ3v) is 7.32. The van der Waals surface area contributed by atoms with Gasteiger partial charge in [0.15, 0.2) is 22.1 Å². The molecule has 0 radical (unpaired) electrons. The van der Waals surface area contributed by atoms with E-state index >= 15 is 0 Å². The van der Waals surface area contributed by atoms with E-state index in [1.807, 2.05) is 26.8 Å². The quantitative estimate of drug-likeness (QED) is 0.389. The molecule has 1 aliphatic heterocycles. The van der Waals surface area contributed by atoms with Gasteiger partial charge in [-0.15, -0.1) is 11.3 Å². The molecule has 0 saturated carbocycles. The van der Waals surface area contributed by atoms with Gasteiger partial charge >= 0.3 is 0 Å². The number of fused-ring (bicyclic) bond motifs is 2. The lowest BCUT2D eigenvalue weighted by Crippen LogP contribution is -2.29. The third kappa shape index (κ3) is 3.46. The Bertz CT molecular complexity index is 1510. The average molecular weight is 493 g/mol. The summed E-state index contributed by atoms with van der Waals surface area (Å²) in [4.78, 5) is 34.7. The lowest BCUT2D eigenvalue weighted by Gasteiger charge is -2.24. The van der Waals surface area contributed by atoms with Crippen molar-refractivity contribution in [1.82, 2.24) is 4.98 Å². The van der Waals surface area contributed by atoms with Crippen molar-refractivity contribution < 1.29 is 23.4 Å². The van der Waals surface area contributed by atoms with Gasteiger partial charge in [0.25, 0.3) is 5.91 Å². The van der Waals surface area contributed by atoms with Crippen molar-refractivity contribution in [2.24, 2.45) is 0 Å². The van der Waals surface area contributed by atoms with Crippen LogP contribution >= 0.6 is 11.3 Å².